The van der Waals surface area contributed by atoms with E-state index in [1.165, 1.54) is 17.7 Å². The van der Waals surface area contributed by atoms with E-state index >= 15 is 0 Å². The lowest BCUT2D eigenvalue weighted by Crippen LogP contribution is -2.34. The fourth-order valence-corrected chi connectivity index (χ4v) is 5.82. The van der Waals surface area contributed by atoms with Crippen molar-refractivity contribution in [1.82, 2.24) is 10.3 Å². The first-order valence-corrected chi connectivity index (χ1v) is 13.5. The Bertz CT molecular complexity index is 1590. The molecule has 6 rings (SSSR count). The van der Waals surface area contributed by atoms with Crippen LogP contribution < -0.4 is 15.5 Å². The fourth-order valence-electron chi connectivity index (χ4n) is 5.62. The number of pyridine rings is 1. The van der Waals surface area contributed by atoms with Gasteiger partial charge in [-0.1, -0.05) is 54.1 Å². The zero-order valence-electron chi connectivity index (χ0n) is 21.4. The van der Waals surface area contributed by atoms with E-state index in [1.807, 2.05) is 41.3 Å². The molecule has 2 aliphatic rings. The van der Waals surface area contributed by atoms with Crippen molar-refractivity contribution in [2.75, 3.05) is 23.3 Å². The Kier molecular flexibility index (Phi) is 6.88. The lowest BCUT2D eigenvalue weighted by atomic mass is 9.98. The maximum atomic E-state index is 13.7. The van der Waals surface area contributed by atoms with Crippen LogP contribution in [0.1, 0.15) is 45.1 Å². The number of aryl methyl sites for hydroxylation is 1. The molecular formula is C31H26ClF3N4O. The number of benzene rings is 3. The number of nitrogens with one attached hydrogen (secondary N) is 2. The van der Waals surface area contributed by atoms with E-state index in [-0.39, 0.29) is 29.1 Å². The Balaban J connectivity index is 1.31. The number of rotatable bonds is 5. The van der Waals surface area contributed by atoms with Gasteiger partial charge in [-0.15, -0.1) is 0 Å². The van der Waals surface area contributed by atoms with Gasteiger partial charge >= 0.3 is 6.18 Å². The molecule has 0 saturated carbocycles. The average Bonchev–Trinajstić information content (AvgIpc) is 3.35. The third-order valence-corrected chi connectivity index (χ3v) is 7.77. The van der Waals surface area contributed by atoms with Gasteiger partial charge in [0.15, 0.2) is 0 Å². The number of carbonyl (C=O) groups is 1. The summed E-state index contributed by atoms with van der Waals surface area (Å²) in [4.78, 5) is 19.9. The minimum Gasteiger partial charge on any atom is -0.367 e. The second-order valence-electron chi connectivity index (χ2n) is 10.0. The number of nitrogens with zero attached hydrogens (tertiary/aromatic N) is 2. The molecule has 2 N–H and O–H groups in total. The molecule has 2 heterocycles. The van der Waals surface area contributed by atoms with Crippen LogP contribution in [0, 0.1) is 0 Å². The van der Waals surface area contributed by atoms with Gasteiger partial charge in [-0.05, 0) is 65.4 Å². The Morgan fingerprint density at radius 1 is 1.07 bits per heavy atom. The van der Waals surface area contributed by atoms with Crippen molar-refractivity contribution in [3.63, 3.8) is 0 Å². The smallest absolute Gasteiger partial charge is 0.367 e. The van der Waals surface area contributed by atoms with Crippen LogP contribution in [0.5, 0.6) is 0 Å². The molecule has 1 aliphatic heterocycles. The summed E-state index contributed by atoms with van der Waals surface area (Å²) in [5.74, 6) is 0.397. The summed E-state index contributed by atoms with van der Waals surface area (Å²) >= 11 is 6.08. The summed E-state index contributed by atoms with van der Waals surface area (Å²) in [7, 11) is 0. The van der Waals surface area contributed by atoms with Gasteiger partial charge < -0.3 is 15.5 Å². The second-order valence-corrected chi connectivity index (χ2v) is 10.5. The molecular weight excluding hydrogens is 537 g/mol. The number of hydrogen-bond donors (Lipinski definition) is 2. The molecule has 0 saturated heterocycles. The SMILES string of the molecule is O=C(NC1CCc2ccccc21)c1ccccc1-c1cnc2c(c1)N(Cc1cc(Cl)ccc1C(F)(F)F)CCN2. The van der Waals surface area contributed by atoms with Gasteiger partial charge in [0.2, 0.25) is 0 Å². The quantitative estimate of drug-likeness (QED) is 0.269. The van der Waals surface area contributed by atoms with Crippen LogP contribution in [0.15, 0.2) is 79.0 Å². The number of amides is 1. The monoisotopic (exact) mass is 562 g/mol. The van der Waals surface area contributed by atoms with E-state index in [0.717, 1.165) is 24.5 Å². The number of aromatic nitrogens is 1. The van der Waals surface area contributed by atoms with E-state index in [9.17, 15) is 18.0 Å². The molecule has 40 heavy (non-hydrogen) atoms. The van der Waals surface area contributed by atoms with Crippen molar-refractivity contribution in [2.24, 2.45) is 0 Å². The Hall–Kier alpha value is -4.04. The van der Waals surface area contributed by atoms with Crippen LogP contribution in [0.3, 0.4) is 0 Å². The topological polar surface area (TPSA) is 57.3 Å². The van der Waals surface area contributed by atoms with Crippen molar-refractivity contribution >= 4 is 29.0 Å². The number of alkyl halides is 3. The molecule has 1 aromatic heterocycles. The van der Waals surface area contributed by atoms with Crippen molar-refractivity contribution in [1.29, 1.82) is 0 Å². The maximum absolute atomic E-state index is 13.7. The summed E-state index contributed by atoms with van der Waals surface area (Å²) in [5, 5.41) is 6.66. The molecule has 1 aliphatic carbocycles. The zero-order valence-corrected chi connectivity index (χ0v) is 22.2. The van der Waals surface area contributed by atoms with E-state index in [1.54, 1.807) is 12.3 Å². The van der Waals surface area contributed by atoms with Crippen molar-refractivity contribution in [3.8, 4) is 11.1 Å². The van der Waals surface area contributed by atoms with E-state index in [0.29, 0.717) is 41.3 Å². The maximum Gasteiger partial charge on any atom is 0.416 e. The van der Waals surface area contributed by atoms with E-state index in [2.05, 4.69) is 27.8 Å². The number of fused-ring (bicyclic) bond motifs is 2. The first-order chi connectivity index (χ1) is 19.3. The number of hydrogen-bond acceptors (Lipinski definition) is 4. The summed E-state index contributed by atoms with van der Waals surface area (Å²) in [6, 6.07) is 20.9. The first-order valence-electron chi connectivity index (χ1n) is 13.1. The lowest BCUT2D eigenvalue weighted by molar-refractivity contribution is -0.138. The fraction of sp³-hybridized carbons (Fsp3) is 0.226. The normalized spacial score (nSPS) is 16.2. The largest absolute Gasteiger partial charge is 0.416 e. The predicted octanol–water partition coefficient (Wildman–Crippen LogP) is 7.27. The number of carbonyl (C=O) groups excluding carboxylic acids is 1. The minimum absolute atomic E-state index is 0.0123. The molecule has 0 radical (unpaired) electrons. The highest BCUT2D eigenvalue weighted by Gasteiger charge is 2.34. The Morgan fingerprint density at radius 2 is 1.88 bits per heavy atom. The molecule has 1 amide bonds. The molecule has 204 valence electrons. The first kappa shape index (κ1) is 26.2. The summed E-state index contributed by atoms with van der Waals surface area (Å²) in [6.07, 6.45) is -1.05. The Labute approximate surface area is 235 Å². The van der Waals surface area contributed by atoms with Gasteiger partial charge in [0.25, 0.3) is 5.91 Å². The third-order valence-electron chi connectivity index (χ3n) is 7.54. The van der Waals surface area contributed by atoms with Gasteiger partial charge in [0.1, 0.15) is 5.82 Å². The lowest BCUT2D eigenvalue weighted by Gasteiger charge is -2.32. The van der Waals surface area contributed by atoms with Crippen molar-refractivity contribution in [3.05, 3.63) is 112 Å². The van der Waals surface area contributed by atoms with Crippen LogP contribution >= 0.6 is 11.6 Å². The van der Waals surface area contributed by atoms with Crippen molar-refractivity contribution < 1.29 is 18.0 Å². The van der Waals surface area contributed by atoms with Crippen molar-refractivity contribution in [2.45, 2.75) is 31.6 Å². The minimum atomic E-state index is -4.50. The predicted molar refractivity (Wildman–Crippen MR) is 151 cm³/mol. The molecule has 3 aromatic carbocycles. The van der Waals surface area contributed by atoms with Crippen LogP contribution in [0.2, 0.25) is 5.02 Å². The van der Waals surface area contributed by atoms with Gasteiger partial charge in [-0.25, -0.2) is 4.98 Å². The molecule has 9 heteroatoms. The molecule has 1 unspecified atom stereocenters. The van der Waals surface area contributed by atoms with Crippen LogP contribution in [-0.4, -0.2) is 24.0 Å². The van der Waals surface area contributed by atoms with Crippen LogP contribution in [-0.2, 0) is 19.1 Å². The molecule has 0 spiro atoms. The van der Waals surface area contributed by atoms with E-state index in [4.69, 9.17) is 11.6 Å². The van der Waals surface area contributed by atoms with Gasteiger partial charge in [-0.3, -0.25) is 4.79 Å². The standard InChI is InChI=1S/C31H26ClF3N4O/c32-22-10-11-26(31(33,34)35)21(15-22)18-39-14-13-36-29-28(39)16-20(17-37-29)23-6-3-4-8-25(23)30(40)38-27-12-9-19-5-1-2-7-24(19)27/h1-8,10-11,15-17,27H,9,12-14,18H2,(H,36,37)(H,38,40). The van der Waals surface area contributed by atoms with E-state index < -0.39 is 11.7 Å². The molecule has 0 bridgehead atoms. The molecule has 5 nitrogen and oxygen atoms in total. The highest BCUT2D eigenvalue weighted by atomic mass is 35.5. The summed E-state index contributed by atoms with van der Waals surface area (Å²) in [6.45, 7) is 1.02. The zero-order chi connectivity index (χ0) is 27.9. The molecule has 1 atom stereocenters. The highest BCUT2D eigenvalue weighted by Crippen LogP contribution is 2.38. The van der Waals surface area contributed by atoms with Gasteiger partial charge in [-0.2, -0.15) is 13.2 Å². The average molecular weight is 563 g/mol. The molecule has 0 fully saturated rings. The summed E-state index contributed by atoms with van der Waals surface area (Å²) in [5.41, 5.74) is 4.35. The van der Waals surface area contributed by atoms with Crippen LogP contribution in [0.25, 0.3) is 11.1 Å². The number of anilines is 2. The highest BCUT2D eigenvalue weighted by molar-refractivity contribution is 6.30. The summed E-state index contributed by atoms with van der Waals surface area (Å²) < 4.78 is 41.2. The second kappa shape index (κ2) is 10.5. The third kappa shape index (κ3) is 5.11. The van der Waals surface area contributed by atoms with Gasteiger partial charge in [0, 0.05) is 42.0 Å². The molecule has 4 aromatic rings. The van der Waals surface area contributed by atoms with Crippen LogP contribution in [0.4, 0.5) is 24.7 Å². The van der Waals surface area contributed by atoms with Gasteiger partial charge in [0.05, 0.1) is 17.3 Å². The Morgan fingerprint density at radius 3 is 2.73 bits per heavy atom. The number of halogens is 4.